The van der Waals surface area contributed by atoms with Gasteiger partial charge in [-0.25, -0.2) is 9.78 Å². The van der Waals surface area contributed by atoms with Crippen molar-refractivity contribution in [2.24, 2.45) is 5.73 Å². The van der Waals surface area contributed by atoms with E-state index >= 15 is 0 Å². The fourth-order valence-electron chi connectivity index (χ4n) is 3.12. The van der Waals surface area contributed by atoms with Gasteiger partial charge in [0.1, 0.15) is 31.0 Å². The number of hydrogen-bond acceptors (Lipinski definition) is 8. The van der Waals surface area contributed by atoms with Crippen molar-refractivity contribution in [1.82, 2.24) is 14.9 Å². The summed E-state index contributed by atoms with van der Waals surface area (Å²) in [6.45, 7) is 0.253. The molecule has 1 amide bonds. The number of nitrogens with one attached hydrogen (secondary N) is 1. The molecule has 156 valence electrons. The maximum absolute atomic E-state index is 12.5. The SMILES string of the molecule is [B]C(N)(C(=O)N1CC(Oc2ccc(CCB(O)O)c(O)c2C(=O)O)C1)c1cnc[nH]1. The lowest BCUT2D eigenvalue weighted by Crippen LogP contribution is -2.63. The summed E-state index contributed by atoms with van der Waals surface area (Å²) in [4.78, 5) is 32.0. The Kier molecular flexibility index (Phi) is 6.06. The van der Waals surface area contributed by atoms with Crippen LogP contribution < -0.4 is 10.5 Å². The summed E-state index contributed by atoms with van der Waals surface area (Å²) in [5.74, 6) is -2.52. The number of benzene rings is 1. The molecule has 1 unspecified atom stereocenters. The Morgan fingerprint density at radius 3 is 2.67 bits per heavy atom. The van der Waals surface area contributed by atoms with Crippen LogP contribution in [0.4, 0.5) is 0 Å². The number of aromatic nitrogens is 2. The zero-order valence-electron chi connectivity index (χ0n) is 15.9. The predicted molar refractivity (Wildman–Crippen MR) is 105 cm³/mol. The maximum atomic E-state index is 12.5. The molecule has 1 aliphatic heterocycles. The van der Waals surface area contributed by atoms with E-state index in [-0.39, 0.29) is 42.8 Å². The summed E-state index contributed by atoms with van der Waals surface area (Å²) in [6.07, 6.45) is 2.19. The van der Waals surface area contributed by atoms with E-state index in [1.54, 1.807) is 0 Å². The first-order chi connectivity index (χ1) is 14.1. The zero-order valence-corrected chi connectivity index (χ0v) is 15.9. The molecule has 11 nitrogen and oxygen atoms in total. The minimum absolute atomic E-state index is 0.0641. The first-order valence-corrected chi connectivity index (χ1v) is 9.08. The number of amides is 1. The highest BCUT2D eigenvalue weighted by atomic mass is 16.5. The van der Waals surface area contributed by atoms with Crippen LogP contribution in [0.2, 0.25) is 6.32 Å². The van der Waals surface area contributed by atoms with Gasteiger partial charge in [0.25, 0.3) is 0 Å². The normalized spacial score (nSPS) is 15.9. The number of imidazole rings is 1. The van der Waals surface area contributed by atoms with Gasteiger partial charge in [0.05, 0.1) is 30.5 Å². The third kappa shape index (κ3) is 4.27. The van der Waals surface area contributed by atoms with E-state index in [1.807, 2.05) is 0 Å². The Bertz CT molecular complexity index is 930. The molecule has 0 spiro atoms. The predicted octanol–water partition coefficient (Wildman–Crippen LogP) is -1.60. The largest absolute Gasteiger partial charge is 0.507 e. The van der Waals surface area contributed by atoms with Gasteiger partial charge in [0, 0.05) is 6.20 Å². The molecule has 1 atom stereocenters. The van der Waals surface area contributed by atoms with Gasteiger partial charge in [-0.15, -0.1) is 0 Å². The first-order valence-electron chi connectivity index (χ1n) is 9.08. The van der Waals surface area contributed by atoms with Crippen molar-refractivity contribution < 1.29 is 34.6 Å². The lowest BCUT2D eigenvalue weighted by molar-refractivity contribution is -0.143. The summed E-state index contributed by atoms with van der Waals surface area (Å²) in [7, 11) is 4.33. The fourth-order valence-corrected chi connectivity index (χ4v) is 3.12. The van der Waals surface area contributed by atoms with Crippen LogP contribution in [-0.4, -0.2) is 81.2 Å². The Hall–Kier alpha value is -3.02. The number of hydrogen-bond donors (Lipinski definition) is 6. The van der Waals surface area contributed by atoms with Crippen LogP contribution in [-0.2, 0) is 16.7 Å². The maximum Gasteiger partial charge on any atom is 0.451 e. The standard InChI is InChI=1S/C17H20B2N4O7/c18-17(20,12-5-21-8-22-12)16(27)23-6-10(7-23)30-11-2-1-9(3-4-19(28)29)14(24)13(11)15(25)26/h1-2,5,8,10,24,28-29H,3-4,6-7,20H2,(H,21,22)(H,25,26). The van der Waals surface area contributed by atoms with Crippen LogP contribution in [0.15, 0.2) is 24.7 Å². The van der Waals surface area contributed by atoms with Crippen molar-refractivity contribution >= 4 is 26.8 Å². The molecular formula is C17H20B2N4O7. The minimum atomic E-state index is -1.79. The lowest BCUT2D eigenvalue weighted by Gasteiger charge is -2.42. The Labute approximate surface area is 173 Å². The summed E-state index contributed by atoms with van der Waals surface area (Å²) >= 11 is 0. The van der Waals surface area contributed by atoms with Gasteiger partial charge in [-0.2, -0.15) is 0 Å². The molecule has 0 bridgehead atoms. The van der Waals surface area contributed by atoms with Crippen molar-refractivity contribution in [3.63, 3.8) is 0 Å². The number of aromatic hydroxyl groups is 1. The number of carbonyl (C=O) groups excluding carboxylic acids is 1. The molecule has 2 radical (unpaired) electrons. The number of likely N-dealkylation sites (tertiary alicyclic amines) is 1. The van der Waals surface area contributed by atoms with Crippen LogP contribution in [0, 0.1) is 0 Å². The number of carboxylic acid groups (broad SMARTS) is 1. The monoisotopic (exact) mass is 414 g/mol. The molecule has 7 N–H and O–H groups in total. The second-order valence-corrected chi connectivity index (χ2v) is 7.06. The number of aromatic carboxylic acids is 1. The lowest BCUT2D eigenvalue weighted by atomic mass is 9.74. The van der Waals surface area contributed by atoms with Crippen LogP contribution >= 0.6 is 0 Å². The Morgan fingerprint density at radius 2 is 2.10 bits per heavy atom. The van der Waals surface area contributed by atoms with Gasteiger partial charge in [0.2, 0.25) is 5.91 Å². The van der Waals surface area contributed by atoms with Crippen LogP contribution in [0.25, 0.3) is 0 Å². The second-order valence-electron chi connectivity index (χ2n) is 7.06. The van der Waals surface area contributed by atoms with Crippen molar-refractivity contribution in [3.05, 3.63) is 41.5 Å². The molecule has 1 fully saturated rings. The fraction of sp³-hybridized carbons (Fsp3) is 0.353. The van der Waals surface area contributed by atoms with E-state index in [0.29, 0.717) is 0 Å². The molecule has 3 rings (SSSR count). The number of aryl methyl sites for hydroxylation is 1. The molecule has 1 aliphatic rings. The number of rotatable bonds is 8. The van der Waals surface area contributed by atoms with E-state index in [0.717, 1.165) is 0 Å². The number of H-pyrrole nitrogens is 1. The summed E-state index contributed by atoms with van der Waals surface area (Å²) in [6, 6.07) is 2.83. The van der Waals surface area contributed by atoms with Crippen molar-refractivity contribution in [3.8, 4) is 11.5 Å². The van der Waals surface area contributed by atoms with Crippen LogP contribution in [0.1, 0.15) is 21.6 Å². The minimum Gasteiger partial charge on any atom is -0.507 e. The quantitative estimate of drug-likeness (QED) is 0.277. The molecule has 1 saturated heterocycles. The van der Waals surface area contributed by atoms with Gasteiger partial charge in [-0.05, 0) is 24.4 Å². The van der Waals surface area contributed by atoms with Gasteiger partial charge in [-0.3, -0.25) is 4.79 Å². The number of nitrogens with two attached hydrogens (primary N) is 1. The average molecular weight is 414 g/mol. The van der Waals surface area contributed by atoms with E-state index in [4.69, 9.17) is 28.4 Å². The number of carboxylic acids is 1. The third-order valence-corrected chi connectivity index (χ3v) is 4.84. The molecule has 2 heterocycles. The topological polar surface area (TPSA) is 182 Å². The van der Waals surface area contributed by atoms with Gasteiger partial charge < -0.3 is 40.6 Å². The van der Waals surface area contributed by atoms with E-state index in [1.165, 1.54) is 29.6 Å². The highest BCUT2D eigenvalue weighted by Gasteiger charge is 2.42. The average Bonchev–Trinajstić information content (AvgIpc) is 3.18. The molecule has 1 aromatic carbocycles. The van der Waals surface area contributed by atoms with Gasteiger partial charge in [-0.1, -0.05) is 6.07 Å². The summed E-state index contributed by atoms with van der Waals surface area (Å²) in [5, 5.41) is 37.7. The van der Waals surface area contributed by atoms with Crippen molar-refractivity contribution in [2.45, 2.75) is 24.3 Å². The molecule has 30 heavy (non-hydrogen) atoms. The molecule has 0 saturated carbocycles. The number of nitrogens with zero attached hydrogens (tertiary/aromatic N) is 2. The van der Waals surface area contributed by atoms with E-state index in [9.17, 15) is 19.8 Å². The molecular weight excluding hydrogens is 394 g/mol. The summed E-state index contributed by atoms with van der Waals surface area (Å²) < 4.78 is 5.65. The second kappa shape index (κ2) is 8.38. The summed E-state index contributed by atoms with van der Waals surface area (Å²) in [5.41, 5.74) is 4.18. The van der Waals surface area contributed by atoms with Crippen LogP contribution in [0.5, 0.6) is 11.5 Å². The van der Waals surface area contributed by atoms with Crippen molar-refractivity contribution in [1.29, 1.82) is 0 Å². The number of ether oxygens (including phenoxy) is 1. The molecule has 2 aromatic rings. The highest BCUT2D eigenvalue weighted by molar-refractivity contribution is 6.41. The number of aromatic amines is 1. The number of carbonyl (C=O) groups is 2. The highest BCUT2D eigenvalue weighted by Crippen LogP contribution is 2.34. The third-order valence-electron chi connectivity index (χ3n) is 4.84. The molecule has 0 aliphatic carbocycles. The molecule has 13 heteroatoms. The van der Waals surface area contributed by atoms with Gasteiger partial charge >= 0.3 is 13.1 Å². The van der Waals surface area contributed by atoms with Crippen LogP contribution in [0.3, 0.4) is 0 Å². The Balaban J connectivity index is 1.67. The first kappa shape index (κ1) is 21.7. The Morgan fingerprint density at radius 1 is 1.40 bits per heavy atom. The zero-order chi connectivity index (χ0) is 22.1. The smallest absolute Gasteiger partial charge is 0.451 e. The molecule has 1 aromatic heterocycles. The van der Waals surface area contributed by atoms with E-state index in [2.05, 4.69) is 9.97 Å². The van der Waals surface area contributed by atoms with Crippen molar-refractivity contribution in [2.75, 3.05) is 13.1 Å². The van der Waals surface area contributed by atoms with E-state index < -0.39 is 41.9 Å². The number of phenols is 1. The van der Waals surface area contributed by atoms with Gasteiger partial charge in [0.15, 0.2) is 0 Å².